The molecular weight excluding hydrogens is 278 g/mol. The topological polar surface area (TPSA) is 41.6 Å². The number of hydrogen-bond acceptors (Lipinski definition) is 2. The van der Waals surface area contributed by atoms with Crippen molar-refractivity contribution < 1.29 is 0 Å². The number of rotatable bonds is 2. The number of benzene rings is 1. The van der Waals surface area contributed by atoms with Crippen molar-refractivity contribution in [2.24, 2.45) is 5.41 Å². The highest BCUT2D eigenvalue weighted by molar-refractivity contribution is 9.10. The summed E-state index contributed by atoms with van der Waals surface area (Å²) in [6, 6.07) is 8.50. The Morgan fingerprint density at radius 1 is 1.53 bits per heavy atom. The first-order chi connectivity index (χ1) is 8.13. The molecule has 1 aliphatic rings. The Labute approximate surface area is 108 Å². The second-order valence-electron chi connectivity index (χ2n) is 4.80. The summed E-state index contributed by atoms with van der Waals surface area (Å²) in [5, 5.41) is 14.9. The third-order valence-corrected chi connectivity index (χ3v) is 4.00. The molecule has 17 heavy (non-hydrogen) atoms. The molecule has 1 aromatic carbocycles. The predicted molar refractivity (Wildman–Crippen MR) is 69.5 cm³/mol. The second kappa shape index (κ2) is 3.58. The van der Waals surface area contributed by atoms with E-state index in [1.807, 2.05) is 16.8 Å². The summed E-state index contributed by atoms with van der Waals surface area (Å²) in [5.74, 6) is 0. The fourth-order valence-corrected chi connectivity index (χ4v) is 2.49. The molecule has 3 rings (SSSR count). The van der Waals surface area contributed by atoms with Crippen molar-refractivity contribution in [3.63, 3.8) is 0 Å². The molecular formula is C13H12BrN3. The highest BCUT2D eigenvalue weighted by Crippen LogP contribution is 2.46. The van der Waals surface area contributed by atoms with E-state index in [1.165, 1.54) is 0 Å². The molecule has 0 saturated heterocycles. The minimum absolute atomic E-state index is 0.149. The van der Waals surface area contributed by atoms with Crippen LogP contribution in [0.4, 0.5) is 0 Å². The summed E-state index contributed by atoms with van der Waals surface area (Å²) in [5.41, 5.74) is 1.99. The number of hydrogen-bond donors (Lipinski definition) is 0. The second-order valence-corrected chi connectivity index (χ2v) is 5.71. The molecule has 1 heterocycles. The van der Waals surface area contributed by atoms with Gasteiger partial charge in [-0.05, 0) is 38.0 Å². The zero-order chi connectivity index (χ0) is 12.0. The van der Waals surface area contributed by atoms with Gasteiger partial charge in [0, 0.05) is 15.6 Å². The molecule has 0 radical (unpaired) electrons. The van der Waals surface area contributed by atoms with Crippen LogP contribution in [0.1, 0.15) is 18.5 Å². The first-order valence-electron chi connectivity index (χ1n) is 5.67. The maximum atomic E-state index is 9.13. The van der Waals surface area contributed by atoms with E-state index in [0.717, 1.165) is 40.5 Å². The van der Waals surface area contributed by atoms with Gasteiger partial charge in [0.25, 0.3) is 0 Å². The molecule has 0 aliphatic heterocycles. The van der Waals surface area contributed by atoms with Gasteiger partial charge in [-0.2, -0.15) is 10.4 Å². The molecule has 0 bridgehead atoms. The Balaban J connectivity index is 2.06. The highest BCUT2D eigenvalue weighted by atomic mass is 79.9. The minimum Gasteiger partial charge on any atom is -0.267 e. The van der Waals surface area contributed by atoms with E-state index < -0.39 is 0 Å². The van der Waals surface area contributed by atoms with Gasteiger partial charge in [0.1, 0.15) is 0 Å². The lowest BCUT2D eigenvalue weighted by atomic mass is 10.1. The van der Waals surface area contributed by atoms with Gasteiger partial charge in [-0.1, -0.05) is 15.9 Å². The molecule has 0 amide bonds. The summed E-state index contributed by atoms with van der Waals surface area (Å²) in [4.78, 5) is 0. The normalized spacial score (nSPS) is 17.0. The Morgan fingerprint density at radius 2 is 2.29 bits per heavy atom. The molecule has 1 saturated carbocycles. The lowest BCUT2D eigenvalue weighted by molar-refractivity contribution is 0.480. The van der Waals surface area contributed by atoms with Crippen molar-refractivity contribution >= 4 is 26.8 Å². The SMILES string of the molecule is Cc1c2cc(Br)ccc2nn1CC1(C#N)CC1. The van der Waals surface area contributed by atoms with E-state index in [0.29, 0.717) is 0 Å². The Hall–Kier alpha value is -1.34. The third kappa shape index (κ3) is 1.75. The Morgan fingerprint density at radius 3 is 2.94 bits per heavy atom. The first-order valence-corrected chi connectivity index (χ1v) is 6.47. The minimum atomic E-state index is -0.149. The van der Waals surface area contributed by atoms with E-state index >= 15 is 0 Å². The van der Waals surface area contributed by atoms with E-state index in [9.17, 15) is 0 Å². The van der Waals surface area contributed by atoms with Gasteiger partial charge in [-0.3, -0.25) is 4.68 Å². The van der Waals surface area contributed by atoms with Gasteiger partial charge >= 0.3 is 0 Å². The van der Waals surface area contributed by atoms with Crippen molar-refractivity contribution in [3.8, 4) is 6.07 Å². The first kappa shape index (κ1) is 10.8. The number of nitriles is 1. The Kier molecular flexibility index (Phi) is 2.27. The van der Waals surface area contributed by atoms with Crippen molar-refractivity contribution in [3.05, 3.63) is 28.4 Å². The van der Waals surface area contributed by atoms with Crippen LogP contribution >= 0.6 is 15.9 Å². The van der Waals surface area contributed by atoms with Gasteiger partial charge in [0.2, 0.25) is 0 Å². The van der Waals surface area contributed by atoms with Gasteiger partial charge in [0.15, 0.2) is 0 Å². The van der Waals surface area contributed by atoms with Crippen LogP contribution in [-0.4, -0.2) is 9.78 Å². The molecule has 1 fully saturated rings. The number of nitrogens with zero attached hydrogens (tertiary/aromatic N) is 3. The summed E-state index contributed by atoms with van der Waals surface area (Å²) < 4.78 is 3.04. The average molecular weight is 290 g/mol. The zero-order valence-corrected chi connectivity index (χ0v) is 11.2. The molecule has 0 unspecified atom stereocenters. The number of aromatic nitrogens is 2. The monoisotopic (exact) mass is 289 g/mol. The summed E-state index contributed by atoms with van der Waals surface area (Å²) in [7, 11) is 0. The lowest BCUT2D eigenvalue weighted by Gasteiger charge is -2.07. The van der Waals surface area contributed by atoms with E-state index in [-0.39, 0.29) is 5.41 Å². The molecule has 2 aromatic rings. The maximum Gasteiger partial charge on any atom is 0.0926 e. The van der Waals surface area contributed by atoms with Crippen LogP contribution in [0.25, 0.3) is 10.9 Å². The van der Waals surface area contributed by atoms with Crippen molar-refractivity contribution in [1.29, 1.82) is 5.26 Å². The van der Waals surface area contributed by atoms with Gasteiger partial charge in [-0.25, -0.2) is 0 Å². The van der Waals surface area contributed by atoms with Crippen LogP contribution < -0.4 is 0 Å². The molecule has 0 N–H and O–H groups in total. The van der Waals surface area contributed by atoms with E-state index in [1.54, 1.807) is 0 Å². The van der Waals surface area contributed by atoms with Crippen LogP contribution in [-0.2, 0) is 6.54 Å². The summed E-state index contributed by atoms with van der Waals surface area (Å²) >= 11 is 3.47. The third-order valence-electron chi connectivity index (χ3n) is 3.51. The van der Waals surface area contributed by atoms with Crippen LogP contribution in [0.3, 0.4) is 0 Å². The zero-order valence-electron chi connectivity index (χ0n) is 9.57. The van der Waals surface area contributed by atoms with Crippen molar-refractivity contribution in [2.45, 2.75) is 26.3 Å². The van der Waals surface area contributed by atoms with Crippen LogP contribution in [0.15, 0.2) is 22.7 Å². The smallest absolute Gasteiger partial charge is 0.0926 e. The molecule has 1 aromatic heterocycles. The molecule has 0 spiro atoms. The Bertz CT molecular complexity index is 632. The van der Waals surface area contributed by atoms with Gasteiger partial charge < -0.3 is 0 Å². The fourth-order valence-electron chi connectivity index (χ4n) is 2.13. The maximum absolute atomic E-state index is 9.13. The van der Waals surface area contributed by atoms with Crippen LogP contribution in [0, 0.1) is 23.7 Å². The van der Waals surface area contributed by atoms with E-state index in [2.05, 4.69) is 40.1 Å². The molecule has 4 heteroatoms. The summed E-state index contributed by atoms with van der Waals surface area (Å²) in [6.45, 7) is 2.79. The fraction of sp³-hybridized carbons (Fsp3) is 0.385. The predicted octanol–water partition coefficient (Wildman–Crippen LogP) is 3.41. The largest absolute Gasteiger partial charge is 0.267 e. The van der Waals surface area contributed by atoms with Gasteiger partial charge in [-0.15, -0.1) is 0 Å². The molecule has 86 valence electrons. The van der Waals surface area contributed by atoms with Crippen molar-refractivity contribution in [2.75, 3.05) is 0 Å². The number of halogens is 1. The average Bonchev–Trinajstić information content (AvgIpc) is 3.03. The lowest BCUT2D eigenvalue weighted by Crippen LogP contribution is -2.12. The summed E-state index contributed by atoms with van der Waals surface area (Å²) in [6.07, 6.45) is 2.01. The molecule has 3 nitrogen and oxygen atoms in total. The van der Waals surface area contributed by atoms with Crippen LogP contribution in [0.5, 0.6) is 0 Å². The quantitative estimate of drug-likeness (QED) is 0.850. The highest BCUT2D eigenvalue weighted by Gasteiger charge is 2.44. The molecule has 1 aliphatic carbocycles. The molecule has 0 atom stereocenters. The van der Waals surface area contributed by atoms with Gasteiger partial charge in [0.05, 0.1) is 23.5 Å². The van der Waals surface area contributed by atoms with E-state index in [4.69, 9.17) is 5.26 Å². The van der Waals surface area contributed by atoms with Crippen molar-refractivity contribution in [1.82, 2.24) is 9.78 Å². The number of fused-ring (bicyclic) bond motifs is 1. The number of aryl methyl sites for hydroxylation is 1. The standard InChI is InChI=1S/C13H12BrN3/c1-9-11-6-10(14)2-3-12(11)16-17(9)8-13(7-15)4-5-13/h2-3,6H,4-5,8H2,1H3. The van der Waals surface area contributed by atoms with Crippen LogP contribution in [0.2, 0.25) is 0 Å².